The Morgan fingerprint density at radius 3 is 2.69 bits per heavy atom. The van der Waals surface area contributed by atoms with Gasteiger partial charge >= 0.3 is 0 Å². The van der Waals surface area contributed by atoms with Gasteiger partial charge in [-0.3, -0.25) is 10.8 Å². The Bertz CT molecular complexity index is 477. The Hall–Kier alpha value is -0.890. The highest BCUT2D eigenvalue weighted by Crippen LogP contribution is 2.28. The standard InChI is InChI=1S/C8H13ClN4O2S/c1-3-13(2)16(14,15)7-5-11-4-6(9)8(7)12-10/h4-5H,3,10H2,1-2H3,(H,11,12). The molecule has 0 aliphatic heterocycles. The number of nitrogen functional groups attached to an aromatic ring is 1. The van der Waals surface area contributed by atoms with Crippen LogP contribution in [-0.4, -0.2) is 31.3 Å². The molecule has 0 radical (unpaired) electrons. The van der Waals surface area contributed by atoms with E-state index in [1.165, 1.54) is 23.7 Å². The van der Waals surface area contributed by atoms with Gasteiger partial charge in [-0.25, -0.2) is 12.7 Å². The minimum absolute atomic E-state index is 0.0353. The largest absolute Gasteiger partial charge is 0.321 e. The molecule has 0 bridgehead atoms. The molecule has 0 fully saturated rings. The van der Waals surface area contributed by atoms with Gasteiger partial charge in [0.1, 0.15) is 4.90 Å². The van der Waals surface area contributed by atoms with Crippen molar-refractivity contribution in [3.05, 3.63) is 17.4 Å². The average Bonchev–Trinajstić information content (AvgIpc) is 2.27. The number of anilines is 1. The Morgan fingerprint density at radius 2 is 2.19 bits per heavy atom. The smallest absolute Gasteiger partial charge is 0.246 e. The topological polar surface area (TPSA) is 88.3 Å². The summed E-state index contributed by atoms with van der Waals surface area (Å²) in [6.45, 7) is 2.07. The molecule has 0 amide bonds. The van der Waals surface area contributed by atoms with Crippen molar-refractivity contribution in [3.63, 3.8) is 0 Å². The Kier molecular flexibility index (Phi) is 4.09. The SMILES string of the molecule is CCN(C)S(=O)(=O)c1cncc(Cl)c1NN. The zero-order valence-electron chi connectivity index (χ0n) is 8.94. The highest BCUT2D eigenvalue weighted by Gasteiger charge is 2.24. The molecule has 90 valence electrons. The lowest BCUT2D eigenvalue weighted by molar-refractivity contribution is 0.486. The molecule has 1 rings (SSSR count). The number of hydrogen-bond donors (Lipinski definition) is 2. The van der Waals surface area contributed by atoms with Gasteiger partial charge in [-0.15, -0.1) is 0 Å². The molecule has 0 atom stereocenters. The van der Waals surface area contributed by atoms with Crippen LogP contribution in [0.2, 0.25) is 5.02 Å². The highest BCUT2D eigenvalue weighted by molar-refractivity contribution is 7.89. The Balaban J connectivity index is 3.39. The predicted molar refractivity (Wildman–Crippen MR) is 62.5 cm³/mol. The summed E-state index contributed by atoms with van der Waals surface area (Å²) in [5, 5.41) is 0.160. The van der Waals surface area contributed by atoms with Crippen LogP contribution in [0.1, 0.15) is 6.92 Å². The molecule has 0 unspecified atom stereocenters. The molecular formula is C8H13ClN4O2S. The number of hydrogen-bond acceptors (Lipinski definition) is 5. The summed E-state index contributed by atoms with van der Waals surface area (Å²) >= 11 is 5.80. The zero-order valence-corrected chi connectivity index (χ0v) is 10.5. The molecule has 0 spiro atoms. The van der Waals surface area contributed by atoms with Gasteiger partial charge in [0.05, 0.1) is 10.7 Å². The minimum atomic E-state index is -3.61. The number of nitrogens with two attached hydrogens (primary N) is 1. The normalized spacial score (nSPS) is 11.8. The van der Waals surface area contributed by atoms with Gasteiger partial charge in [0, 0.05) is 26.0 Å². The van der Waals surface area contributed by atoms with E-state index in [4.69, 9.17) is 17.4 Å². The van der Waals surface area contributed by atoms with Crippen molar-refractivity contribution in [1.82, 2.24) is 9.29 Å². The first-order valence-corrected chi connectivity index (χ1v) is 6.33. The van der Waals surface area contributed by atoms with Crippen molar-refractivity contribution in [1.29, 1.82) is 0 Å². The van der Waals surface area contributed by atoms with E-state index >= 15 is 0 Å². The summed E-state index contributed by atoms with van der Waals surface area (Å²) in [5.74, 6) is 5.24. The van der Waals surface area contributed by atoms with Gasteiger partial charge in [-0.05, 0) is 0 Å². The summed E-state index contributed by atoms with van der Waals surface area (Å²) in [6.07, 6.45) is 2.53. The van der Waals surface area contributed by atoms with Crippen molar-refractivity contribution in [2.24, 2.45) is 5.84 Å². The van der Waals surface area contributed by atoms with Crippen LogP contribution in [0, 0.1) is 0 Å². The van der Waals surface area contributed by atoms with Gasteiger partial charge in [0.25, 0.3) is 0 Å². The summed E-state index contributed by atoms with van der Waals surface area (Å²) in [5.41, 5.74) is 2.42. The maximum absolute atomic E-state index is 12.0. The van der Waals surface area contributed by atoms with Crippen molar-refractivity contribution in [2.45, 2.75) is 11.8 Å². The van der Waals surface area contributed by atoms with E-state index < -0.39 is 10.0 Å². The highest BCUT2D eigenvalue weighted by atomic mass is 35.5. The third kappa shape index (κ3) is 2.27. The van der Waals surface area contributed by atoms with Crippen LogP contribution in [0.25, 0.3) is 0 Å². The van der Waals surface area contributed by atoms with E-state index in [-0.39, 0.29) is 15.6 Å². The molecule has 0 aliphatic rings. The summed E-state index contributed by atoms with van der Waals surface area (Å²) < 4.78 is 25.2. The van der Waals surface area contributed by atoms with E-state index in [2.05, 4.69) is 10.4 Å². The van der Waals surface area contributed by atoms with Gasteiger partial charge in [-0.2, -0.15) is 0 Å². The fourth-order valence-corrected chi connectivity index (χ4v) is 2.66. The molecule has 1 aromatic rings. The van der Waals surface area contributed by atoms with Gasteiger partial charge < -0.3 is 5.43 Å². The second kappa shape index (κ2) is 4.96. The third-order valence-electron chi connectivity index (χ3n) is 2.14. The van der Waals surface area contributed by atoms with Gasteiger partial charge in [0.2, 0.25) is 10.0 Å². The third-order valence-corrected chi connectivity index (χ3v) is 4.37. The van der Waals surface area contributed by atoms with E-state index in [9.17, 15) is 8.42 Å². The molecule has 0 saturated carbocycles. The lowest BCUT2D eigenvalue weighted by Gasteiger charge is -2.17. The first-order valence-electron chi connectivity index (χ1n) is 4.51. The van der Waals surface area contributed by atoms with Crippen LogP contribution in [0.4, 0.5) is 5.69 Å². The van der Waals surface area contributed by atoms with Crippen molar-refractivity contribution in [3.8, 4) is 0 Å². The van der Waals surface area contributed by atoms with Crippen LogP contribution >= 0.6 is 11.6 Å². The van der Waals surface area contributed by atoms with Gasteiger partial charge in [0.15, 0.2) is 0 Å². The number of halogens is 1. The molecule has 1 aromatic heterocycles. The van der Waals surface area contributed by atoms with E-state index in [1.54, 1.807) is 6.92 Å². The maximum atomic E-state index is 12.0. The molecule has 16 heavy (non-hydrogen) atoms. The van der Waals surface area contributed by atoms with Crippen LogP contribution < -0.4 is 11.3 Å². The minimum Gasteiger partial charge on any atom is -0.321 e. The first kappa shape index (κ1) is 13.2. The second-order valence-corrected chi connectivity index (χ2v) is 5.48. The molecule has 0 saturated heterocycles. The number of rotatable bonds is 4. The second-order valence-electron chi connectivity index (χ2n) is 3.06. The Morgan fingerprint density at radius 1 is 1.56 bits per heavy atom. The van der Waals surface area contributed by atoms with E-state index in [0.29, 0.717) is 6.54 Å². The fourth-order valence-electron chi connectivity index (χ4n) is 1.09. The number of nitrogens with zero attached hydrogens (tertiary/aromatic N) is 2. The monoisotopic (exact) mass is 264 g/mol. The van der Waals surface area contributed by atoms with Gasteiger partial charge in [-0.1, -0.05) is 18.5 Å². The number of aromatic nitrogens is 1. The van der Waals surface area contributed by atoms with E-state index in [1.807, 2.05) is 0 Å². The van der Waals surface area contributed by atoms with Crippen molar-refractivity contribution >= 4 is 27.3 Å². The molecule has 0 aliphatic carbocycles. The molecule has 6 nitrogen and oxygen atoms in total. The summed E-state index contributed by atoms with van der Waals surface area (Å²) in [6, 6.07) is 0. The molecule has 8 heteroatoms. The lowest BCUT2D eigenvalue weighted by Crippen LogP contribution is -2.28. The van der Waals surface area contributed by atoms with Crippen LogP contribution in [-0.2, 0) is 10.0 Å². The zero-order chi connectivity index (χ0) is 12.3. The van der Waals surface area contributed by atoms with Crippen molar-refractivity contribution < 1.29 is 8.42 Å². The number of sulfonamides is 1. The summed E-state index contributed by atoms with van der Waals surface area (Å²) in [7, 11) is -2.14. The quantitative estimate of drug-likeness (QED) is 0.616. The number of nitrogens with one attached hydrogen (secondary N) is 1. The number of hydrazine groups is 1. The maximum Gasteiger partial charge on any atom is 0.246 e. The molecule has 0 aromatic carbocycles. The molecular weight excluding hydrogens is 252 g/mol. The Labute approximate surface area is 99.4 Å². The first-order chi connectivity index (χ1) is 7.45. The average molecular weight is 265 g/mol. The lowest BCUT2D eigenvalue weighted by atomic mass is 10.4. The molecule has 1 heterocycles. The van der Waals surface area contributed by atoms with Crippen molar-refractivity contribution in [2.75, 3.05) is 19.0 Å². The fraction of sp³-hybridized carbons (Fsp3) is 0.375. The van der Waals surface area contributed by atoms with Crippen LogP contribution in [0.15, 0.2) is 17.3 Å². The van der Waals surface area contributed by atoms with Crippen LogP contribution in [0.5, 0.6) is 0 Å². The number of pyridine rings is 1. The van der Waals surface area contributed by atoms with E-state index in [0.717, 1.165) is 0 Å². The molecule has 3 N–H and O–H groups in total. The summed E-state index contributed by atoms with van der Waals surface area (Å²) in [4.78, 5) is 3.71. The van der Waals surface area contributed by atoms with Crippen LogP contribution in [0.3, 0.4) is 0 Å². The predicted octanol–water partition coefficient (Wildman–Crippen LogP) is 0.661.